The van der Waals surface area contributed by atoms with Crippen molar-refractivity contribution in [2.75, 3.05) is 13.6 Å². The van der Waals surface area contributed by atoms with Gasteiger partial charge in [0.1, 0.15) is 0 Å². The van der Waals surface area contributed by atoms with E-state index in [1.165, 1.54) is 17.0 Å². The summed E-state index contributed by atoms with van der Waals surface area (Å²) in [6.45, 7) is 5.95. The Kier molecular flexibility index (Phi) is 4.61. The van der Waals surface area contributed by atoms with Crippen molar-refractivity contribution in [2.45, 2.75) is 6.92 Å². The number of rotatable bonds is 4. The number of carbonyl (C=O) groups excluding carboxylic acids is 1. The lowest BCUT2D eigenvalue weighted by Gasteiger charge is -2.17. The maximum Gasteiger partial charge on any atom is 0.284 e. The van der Waals surface area contributed by atoms with Crippen LogP contribution < -0.4 is 0 Å². The lowest BCUT2D eigenvalue weighted by Crippen LogP contribution is -2.28. The van der Waals surface area contributed by atoms with Crippen LogP contribution >= 0.6 is 15.9 Å². The van der Waals surface area contributed by atoms with Gasteiger partial charge in [0.15, 0.2) is 0 Å². The molecule has 6 heteroatoms. The highest BCUT2D eigenvalue weighted by atomic mass is 79.9. The standard InChI is InChI=1S/C12H13BrN2O3/c1-8(2)7-14(3)12(16)9-4-5-10(13)11(6-9)15(17)18/h4-6H,1,7H2,2-3H3. The molecule has 96 valence electrons. The molecule has 1 amide bonds. The lowest BCUT2D eigenvalue weighted by atomic mass is 10.1. The Morgan fingerprint density at radius 3 is 2.67 bits per heavy atom. The quantitative estimate of drug-likeness (QED) is 0.487. The van der Waals surface area contributed by atoms with E-state index in [2.05, 4.69) is 22.5 Å². The molecule has 0 aliphatic carbocycles. The summed E-state index contributed by atoms with van der Waals surface area (Å²) in [4.78, 5) is 23.7. The summed E-state index contributed by atoms with van der Waals surface area (Å²) in [5.41, 5.74) is 1.01. The Morgan fingerprint density at radius 1 is 1.56 bits per heavy atom. The highest BCUT2D eigenvalue weighted by molar-refractivity contribution is 9.10. The first-order chi connectivity index (χ1) is 8.32. The van der Waals surface area contributed by atoms with Gasteiger partial charge in [0, 0.05) is 25.2 Å². The zero-order chi connectivity index (χ0) is 13.9. The number of hydrogen-bond acceptors (Lipinski definition) is 3. The van der Waals surface area contributed by atoms with Gasteiger partial charge in [-0.25, -0.2) is 0 Å². The molecule has 0 radical (unpaired) electrons. The fourth-order valence-electron chi connectivity index (χ4n) is 1.48. The molecule has 0 fully saturated rings. The van der Waals surface area contributed by atoms with Crippen LogP contribution in [0.3, 0.4) is 0 Å². The molecule has 0 unspecified atom stereocenters. The van der Waals surface area contributed by atoms with Crippen molar-refractivity contribution in [1.82, 2.24) is 4.90 Å². The largest absolute Gasteiger partial charge is 0.338 e. The molecule has 0 aliphatic heterocycles. The van der Waals surface area contributed by atoms with Gasteiger partial charge in [-0.1, -0.05) is 12.2 Å². The number of halogens is 1. The van der Waals surface area contributed by atoms with E-state index in [1.54, 1.807) is 13.1 Å². The van der Waals surface area contributed by atoms with Gasteiger partial charge in [0.05, 0.1) is 9.40 Å². The second-order valence-corrected chi connectivity index (χ2v) is 4.90. The van der Waals surface area contributed by atoms with Gasteiger partial charge < -0.3 is 4.90 Å². The van der Waals surface area contributed by atoms with Crippen LogP contribution in [0.15, 0.2) is 34.8 Å². The number of nitrogens with zero attached hydrogens (tertiary/aromatic N) is 2. The van der Waals surface area contributed by atoms with Crippen LogP contribution in [0.4, 0.5) is 5.69 Å². The molecular weight excluding hydrogens is 300 g/mol. The highest BCUT2D eigenvalue weighted by Crippen LogP contribution is 2.26. The van der Waals surface area contributed by atoms with E-state index in [4.69, 9.17) is 0 Å². The summed E-state index contributed by atoms with van der Waals surface area (Å²) >= 11 is 3.08. The summed E-state index contributed by atoms with van der Waals surface area (Å²) in [5, 5.41) is 10.8. The highest BCUT2D eigenvalue weighted by Gasteiger charge is 2.18. The summed E-state index contributed by atoms with van der Waals surface area (Å²) in [5.74, 6) is -0.270. The van der Waals surface area contributed by atoms with Crippen molar-refractivity contribution in [3.63, 3.8) is 0 Å². The molecule has 1 aromatic carbocycles. The van der Waals surface area contributed by atoms with Crippen LogP contribution in [0, 0.1) is 10.1 Å². The number of amides is 1. The first-order valence-corrected chi connectivity index (χ1v) is 5.96. The molecule has 0 aromatic heterocycles. The average molecular weight is 313 g/mol. The summed E-state index contributed by atoms with van der Waals surface area (Å²) in [7, 11) is 1.63. The van der Waals surface area contributed by atoms with Crippen molar-refractivity contribution in [1.29, 1.82) is 0 Å². The zero-order valence-corrected chi connectivity index (χ0v) is 11.7. The molecule has 5 nitrogen and oxygen atoms in total. The summed E-state index contributed by atoms with van der Waals surface area (Å²) < 4.78 is 0.353. The third-order valence-corrected chi connectivity index (χ3v) is 2.91. The van der Waals surface area contributed by atoms with Gasteiger partial charge >= 0.3 is 0 Å². The minimum atomic E-state index is -0.528. The Hall–Kier alpha value is -1.69. The van der Waals surface area contributed by atoms with Gasteiger partial charge in [-0.3, -0.25) is 14.9 Å². The zero-order valence-electron chi connectivity index (χ0n) is 10.1. The Morgan fingerprint density at radius 2 is 2.17 bits per heavy atom. The third-order valence-electron chi connectivity index (χ3n) is 2.24. The number of nitro groups is 1. The molecule has 0 saturated heterocycles. The third kappa shape index (κ3) is 3.40. The van der Waals surface area contributed by atoms with Crippen LogP contribution in [0.5, 0.6) is 0 Å². The van der Waals surface area contributed by atoms with Crippen LogP contribution in [0.1, 0.15) is 17.3 Å². The molecule has 1 rings (SSSR count). The van der Waals surface area contributed by atoms with E-state index in [9.17, 15) is 14.9 Å². The molecule has 1 aromatic rings. The minimum Gasteiger partial charge on any atom is -0.338 e. The SMILES string of the molecule is C=C(C)CN(C)C(=O)c1ccc(Br)c([N+](=O)[O-])c1. The van der Waals surface area contributed by atoms with E-state index in [0.717, 1.165) is 5.57 Å². The Bertz CT molecular complexity index is 514. The van der Waals surface area contributed by atoms with Crippen molar-refractivity contribution in [2.24, 2.45) is 0 Å². The maximum atomic E-state index is 12.0. The van der Waals surface area contributed by atoms with E-state index >= 15 is 0 Å². The molecule has 0 bridgehead atoms. The molecule has 18 heavy (non-hydrogen) atoms. The number of nitro benzene ring substituents is 1. The van der Waals surface area contributed by atoms with E-state index in [0.29, 0.717) is 11.0 Å². The normalized spacial score (nSPS) is 9.94. The molecule has 0 saturated carbocycles. The smallest absolute Gasteiger partial charge is 0.284 e. The molecule has 0 aliphatic rings. The number of likely N-dealkylation sites (N-methyl/N-ethyl adjacent to an activating group) is 1. The van der Waals surface area contributed by atoms with Crippen molar-refractivity contribution >= 4 is 27.5 Å². The molecular formula is C12H13BrN2O3. The van der Waals surface area contributed by atoms with Crippen molar-refractivity contribution in [3.8, 4) is 0 Å². The van der Waals surface area contributed by atoms with Crippen molar-refractivity contribution < 1.29 is 9.72 Å². The Labute approximate surface area is 113 Å². The summed E-state index contributed by atoms with van der Waals surface area (Å²) in [6, 6.07) is 4.32. The maximum absolute atomic E-state index is 12.0. The first kappa shape index (κ1) is 14.4. The first-order valence-electron chi connectivity index (χ1n) is 5.16. The monoisotopic (exact) mass is 312 g/mol. The average Bonchev–Trinajstić information content (AvgIpc) is 2.27. The van der Waals surface area contributed by atoms with Gasteiger partial charge in [-0.05, 0) is 35.0 Å². The van der Waals surface area contributed by atoms with Gasteiger partial charge in [0.2, 0.25) is 0 Å². The lowest BCUT2D eigenvalue weighted by molar-refractivity contribution is -0.385. The fraction of sp³-hybridized carbons (Fsp3) is 0.250. The van der Waals surface area contributed by atoms with E-state index in [1.807, 2.05) is 6.92 Å². The summed E-state index contributed by atoms with van der Waals surface area (Å²) in [6.07, 6.45) is 0. The fourth-order valence-corrected chi connectivity index (χ4v) is 1.87. The van der Waals surface area contributed by atoms with Crippen LogP contribution in [0.25, 0.3) is 0 Å². The molecule has 0 heterocycles. The second-order valence-electron chi connectivity index (χ2n) is 4.04. The van der Waals surface area contributed by atoms with E-state index in [-0.39, 0.29) is 17.2 Å². The topological polar surface area (TPSA) is 63.5 Å². The predicted octanol–water partition coefficient (Wildman–Crippen LogP) is 3.01. The molecule has 0 atom stereocenters. The predicted molar refractivity (Wildman–Crippen MR) is 72.6 cm³/mol. The minimum absolute atomic E-state index is 0.121. The Balaban J connectivity index is 3.03. The van der Waals surface area contributed by atoms with Gasteiger partial charge in [-0.15, -0.1) is 0 Å². The van der Waals surface area contributed by atoms with Crippen LogP contribution in [-0.2, 0) is 0 Å². The van der Waals surface area contributed by atoms with Crippen LogP contribution in [-0.4, -0.2) is 29.3 Å². The number of hydrogen-bond donors (Lipinski definition) is 0. The van der Waals surface area contributed by atoms with E-state index < -0.39 is 4.92 Å². The number of carbonyl (C=O) groups is 1. The molecule has 0 N–H and O–H groups in total. The van der Waals surface area contributed by atoms with Crippen molar-refractivity contribution in [3.05, 3.63) is 50.5 Å². The van der Waals surface area contributed by atoms with Gasteiger partial charge in [0.25, 0.3) is 11.6 Å². The van der Waals surface area contributed by atoms with Crippen LogP contribution in [0.2, 0.25) is 0 Å². The van der Waals surface area contributed by atoms with Gasteiger partial charge in [-0.2, -0.15) is 0 Å². The molecule has 0 spiro atoms. The second kappa shape index (κ2) is 5.77. The number of benzene rings is 1.